The second-order valence-corrected chi connectivity index (χ2v) is 5.50. The van der Waals surface area contributed by atoms with Gasteiger partial charge in [0.25, 0.3) is 0 Å². The fourth-order valence-corrected chi connectivity index (χ4v) is 2.68. The monoisotopic (exact) mass is 307 g/mol. The third kappa shape index (κ3) is 3.11. The zero-order valence-electron chi connectivity index (χ0n) is 11.1. The van der Waals surface area contributed by atoms with Crippen molar-refractivity contribution in [1.82, 2.24) is 0 Å². The van der Waals surface area contributed by atoms with Crippen molar-refractivity contribution in [1.29, 1.82) is 0 Å². The number of rotatable bonds is 4. The molecule has 2 N–H and O–H groups in total. The highest BCUT2D eigenvalue weighted by Gasteiger charge is 2.13. The Bertz CT molecular complexity index is 658. The smallest absolute Gasteiger partial charge is 0.138 e. The molecule has 2 aromatic rings. The minimum absolute atomic E-state index is 0.262. The van der Waals surface area contributed by atoms with E-state index in [1.54, 1.807) is 25.1 Å². The maximum atomic E-state index is 13.6. The first-order chi connectivity index (χ1) is 9.52. The molecule has 20 heavy (non-hydrogen) atoms. The molecule has 0 fully saturated rings. The Balaban J connectivity index is 2.42. The van der Waals surface area contributed by atoms with Crippen LogP contribution in [0.4, 0.5) is 4.39 Å². The molecule has 0 spiro atoms. The molecule has 0 heterocycles. The van der Waals surface area contributed by atoms with Gasteiger partial charge in [-0.25, -0.2) is 4.39 Å². The standard InChI is InChI=1S/C15H14FNOS2/c1-9-6-7-10(8-11(9)16)18-12-4-3-5-13(20-2)14(12)15(17)19/h3-8H,1-2H3,(H2,17,19). The van der Waals surface area contributed by atoms with Crippen molar-refractivity contribution in [2.24, 2.45) is 5.73 Å². The Hall–Kier alpha value is -1.59. The van der Waals surface area contributed by atoms with E-state index in [4.69, 9.17) is 22.7 Å². The zero-order valence-corrected chi connectivity index (χ0v) is 12.8. The summed E-state index contributed by atoms with van der Waals surface area (Å²) in [5.41, 5.74) is 7.01. The molecule has 2 aromatic carbocycles. The number of nitrogens with two attached hydrogens (primary N) is 1. The Labute approximate surface area is 127 Å². The number of aryl methyl sites for hydroxylation is 1. The first-order valence-electron chi connectivity index (χ1n) is 5.93. The highest BCUT2D eigenvalue weighted by molar-refractivity contribution is 7.98. The molecule has 0 aliphatic rings. The molecule has 0 amide bonds. The molecule has 0 radical (unpaired) electrons. The lowest BCUT2D eigenvalue weighted by Gasteiger charge is -2.13. The normalized spacial score (nSPS) is 10.3. The summed E-state index contributed by atoms with van der Waals surface area (Å²) in [4.78, 5) is 1.19. The van der Waals surface area contributed by atoms with Crippen molar-refractivity contribution in [3.8, 4) is 11.5 Å². The number of halogens is 1. The van der Waals surface area contributed by atoms with E-state index in [9.17, 15) is 4.39 Å². The summed E-state index contributed by atoms with van der Waals surface area (Å²) < 4.78 is 19.3. The summed E-state index contributed by atoms with van der Waals surface area (Å²) in [6.45, 7) is 1.70. The number of hydrogen-bond donors (Lipinski definition) is 1. The van der Waals surface area contributed by atoms with Crippen LogP contribution in [0.5, 0.6) is 11.5 Å². The van der Waals surface area contributed by atoms with Gasteiger partial charge in [0.05, 0.1) is 5.56 Å². The van der Waals surface area contributed by atoms with Gasteiger partial charge < -0.3 is 10.5 Å². The SMILES string of the molecule is CSc1cccc(Oc2ccc(C)c(F)c2)c1C(N)=S. The maximum Gasteiger partial charge on any atom is 0.138 e. The van der Waals surface area contributed by atoms with Crippen molar-refractivity contribution in [2.45, 2.75) is 11.8 Å². The van der Waals surface area contributed by atoms with Gasteiger partial charge >= 0.3 is 0 Å². The van der Waals surface area contributed by atoms with Gasteiger partial charge in [-0.2, -0.15) is 0 Å². The lowest BCUT2D eigenvalue weighted by atomic mass is 10.2. The van der Waals surface area contributed by atoms with Crippen LogP contribution in [0.15, 0.2) is 41.3 Å². The van der Waals surface area contributed by atoms with Crippen molar-refractivity contribution < 1.29 is 9.13 Å². The van der Waals surface area contributed by atoms with Crippen LogP contribution in [0, 0.1) is 12.7 Å². The second-order valence-electron chi connectivity index (χ2n) is 4.21. The molecule has 0 aromatic heterocycles. The molecular weight excluding hydrogens is 293 g/mol. The van der Waals surface area contributed by atoms with Crippen LogP contribution < -0.4 is 10.5 Å². The average Bonchev–Trinajstić information content (AvgIpc) is 2.42. The Morgan fingerprint density at radius 2 is 2.05 bits per heavy atom. The van der Waals surface area contributed by atoms with E-state index in [1.165, 1.54) is 17.8 Å². The van der Waals surface area contributed by atoms with Gasteiger partial charge in [-0.05, 0) is 36.9 Å². The topological polar surface area (TPSA) is 35.2 Å². The van der Waals surface area contributed by atoms with E-state index in [0.29, 0.717) is 22.6 Å². The summed E-state index contributed by atoms with van der Waals surface area (Å²) in [7, 11) is 0. The average molecular weight is 307 g/mol. The summed E-state index contributed by atoms with van der Waals surface area (Å²) in [5.74, 6) is 0.650. The molecule has 2 nitrogen and oxygen atoms in total. The maximum absolute atomic E-state index is 13.6. The molecule has 0 aliphatic heterocycles. The molecule has 0 saturated carbocycles. The first-order valence-corrected chi connectivity index (χ1v) is 7.57. The van der Waals surface area contributed by atoms with Crippen LogP contribution in [0.1, 0.15) is 11.1 Å². The van der Waals surface area contributed by atoms with E-state index >= 15 is 0 Å². The van der Waals surface area contributed by atoms with Gasteiger partial charge in [0.2, 0.25) is 0 Å². The number of hydrogen-bond acceptors (Lipinski definition) is 3. The van der Waals surface area contributed by atoms with Crippen molar-refractivity contribution in [3.63, 3.8) is 0 Å². The lowest BCUT2D eigenvalue weighted by Crippen LogP contribution is -2.12. The number of thiocarbonyl (C=S) groups is 1. The summed E-state index contributed by atoms with van der Waals surface area (Å²) >= 11 is 6.61. The van der Waals surface area contributed by atoms with Gasteiger partial charge in [-0.3, -0.25) is 0 Å². The van der Waals surface area contributed by atoms with E-state index in [1.807, 2.05) is 18.4 Å². The van der Waals surface area contributed by atoms with Crippen LogP contribution in [0.2, 0.25) is 0 Å². The molecule has 0 aliphatic carbocycles. The Morgan fingerprint density at radius 1 is 1.30 bits per heavy atom. The summed E-state index contributed by atoms with van der Waals surface area (Å²) in [6, 6.07) is 10.3. The molecule has 0 saturated heterocycles. The van der Waals surface area contributed by atoms with Crippen molar-refractivity contribution in [2.75, 3.05) is 6.26 Å². The molecule has 2 rings (SSSR count). The van der Waals surface area contributed by atoms with Crippen LogP contribution in [-0.4, -0.2) is 11.2 Å². The third-order valence-electron chi connectivity index (χ3n) is 2.83. The van der Waals surface area contributed by atoms with Crippen molar-refractivity contribution in [3.05, 3.63) is 53.3 Å². The molecule has 104 valence electrons. The van der Waals surface area contributed by atoms with Gasteiger partial charge in [0, 0.05) is 11.0 Å². The fraction of sp³-hybridized carbons (Fsp3) is 0.133. The van der Waals surface area contributed by atoms with Crippen LogP contribution in [0.25, 0.3) is 0 Å². The molecule has 0 unspecified atom stereocenters. The number of thioether (sulfide) groups is 1. The molecule has 5 heteroatoms. The lowest BCUT2D eigenvalue weighted by molar-refractivity contribution is 0.474. The van der Waals surface area contributed by atoms with E-state index in [-0.39, 0.29) is 10.8 Å². The molecule has 0 bridgehead atoms. The molecule has 0 atom stereocenters. The van der Waals surface area contributed by atoms with E-state index in [0.717, 1.165) is 4.90 Å². The predicted octanol–water partition coefficient (Wildman–Crippen LogP) is 4.28. The van der Waals surface area contributed by atoms with Gasteiger partial charge in [-0.15, -0.1) is 11.8 Å². The minimum Gasteiger partial charge on any atom is -0.456 e. The fourth-order valence-electron chi connectivity index (χ4n) is 1.77. The van der Waals surface area contributed by atoms with Crippen LogP contribution >= 0.6 is 24.0 Å². The van der Waals surface area contributed by atoms with Crippen LogP contribution in [-0.2, 0) is 0 Å². The van der Waals surface area contributed by atoms with Gasteiger partial charge in [0.1, 0.15) is 22.3 Å². The van der Waals surface area contributed by atoms with E-state index in [2.05, 4.69) is 0 Å². The van der Waals surface area contributed by atoms with Crippen LogP contribution in [0.3, 0.4) is 0 Å². The Morgan fingerprint density at radius 3 is 2.65 bits per heavy atom. The number of benzene rings is 2. The highest BCUT2D eigenvalue weighted by Crippen LogP contribution is 2.32. The summed E-state index contributed by atoms with van der Waals surface area (Å²) in [5, 5.41) is 0. The minimum atomic E-state index is -0.305. The Kier molecular flexibility index (Phi) is 4.62. The quantitative estimate of drug-likeness (QED) is 0.675. The second kappa shape index (κ2) is 6.24. The summed E-state index contributed by atoms with van der Waals surface area (Å²) in [6.07, 6.45) is 1.94. The number of ether oxygens (including phenoxy) is 1. The third-order valence-corrected chi connectivity index (χ3v) is 3.81. The largest absolute Gasteiger partial charge is 0.456 e. The highest BCUT2D eigenvalue weighted by atomic mass is 32.2. The zero-order chi connectivity index (χ0) is 14.7. The van der Waals surface area contributed by atoms with Crippen molar-refractivity contribution >= 4 is 29.0 Å². The van der Waals surface area contributed by atoms with E-state index < -0.39 is 0 Å². The van der Waals surface area contributed by atoms with Gasteiger partial charge in [0.15, 0.2) is 0 Å². The first kappa shape index (κ1) is 14.8. The molecular formula is C15H14FNOS2. The van der Waals surface area contributed by atoms with Gasteiger partial charge in [-0.1, -0.05) is 24.4 Å². The predicted molar refractivity (Wildman–Crippen MR) is 85.3 cm³/mol.